The highest BCUT2D eigenvalue weighted by atomic mass is 16.5. The van der Waals surface area contributed by atoms with Crippen LogP contribution >= 0.6 is 0 Å². The van der Waals surface area contributed by atoms with Crippen molar-refractivity contribution < 1.29 is 14.3 Å². The molecule has 2 saturated carbocycles. The molecule has 0 bridgehead atoms. The van der Waals surface area contributed by atoms with E-state index in [0.29, 0.717) is 29.1 Å². The van der Waals surface area contributed by atoms with Gasteiger partial charge in [-0.05, 0) is 98.0 Å². The number of esters is 1. The summed E-state index contributed by atoms with van der Waals surface area (Å²) in [4.78, 5) is 24.7. The van der Waals surface area contributed by atoms with Crippen molar-refractivity contribution in [2.24, 2.45) is 39.4 Å². The Hall–Kier alpha value is -1.64. The molecule has 6 atom stereocenters. The number of fused-ring (bicyclic) bond motifs is 4. The average Bonchev–Trinajstić information content (AvgIpc) is 3.20. The minimum absolute atomic E-state index is 0.182. The molecular formula is C30H42O3. The lowest BCUT2D eigenvalue weighted by atomic mass is 9.43. The van der Waals surface area contributed by atoms with Gasteiger partial charge >= 0.3 is 5.97 Å². The number of ether oxygens (including phenoxy) is 1. The number of cyclic esters (lactones) is 1. The second kappa shape index (κ2) is 7.18. The Labute approximate surface area is 200 Å². The Morgan fingerprint density at radius 1 is 0.970 bits per heavy atom. The van der Waals surface area contributed by atoms with Crippen LogP contribution in [0.15, 0.2) is 34.6 Å². The molecule has 6 unspecified atom stereocenters. The molecule has 33 heavy (non-hydrogen) atoms. The van der Waals surface area contributed by atoms with E-state index in [9.17, 15) is 9.59 Å². The maximum atomic E-state index is 12.8. The number of carbonyl (C=O) groups is 2. The van der Waals surface area contributed by atoms with Crippen molar-refractivity contribution in [2.75, 3.05) is 0 Å². The number of hydrogen-bond donors (Lipinski definition) is 0. The van der Waals surface area contributed by atoms with Crippen LogP contribution in [0.2, 0.25) is 0 Å². The third kappa shape index (κ3) is 2.99. The molecule has 1 heterocycles. The summed E-state index contributed by atoms with van der Waals surface area (Å²) in [7, 11) is 0. The molecule has 0 aromatic rings. The van der Waals surface area contributed by atoms with E-state index in [1.165, 1.54) is 32.1 Å². The summed E-state index contributed by atoms with van der Waals surface area (Å²) >= 11 is 0. The van der Waals surface area contributed by atoms with Crippen LogP contribution in [-0.4, -0.2) is 11.8 Å². The molecule has 0 aromatic heterocycles. The molecule has 3 heteroatoms. The molecule has 0 aromatic carbocycles. The van der Waals surface area contributed by atoms with Crippen LogP contribution in [0.4, 0.5) is 0 Å². The van der Waals surface area contributed by atoms with Gasteiger partial charge in [0.25, 0.3) is 0 Å². The highest BCUT2D eigenvalue weighted by molar-refractivity contribution is 5.92. The predicted octanol–water partition coefficient (Wildman–Crippen LogP) is 7.33. The van der Waals surface area contributed by atoms with Gasteiger partial charge in [-0.15, -0.1) is 0 Å². The summed E-state index contributed by atoms with van der Waals surface area (Å²) in [5.74, 6) is 2.45. The zero-order valence-corrected chi connectivity index (χ0v) is 21.8. The normalized spacial score (nSPS) is 44.2. The van der Waals surface area contributed by atoms with Gasteiger partial charge in [0.1, 0.15) is 11.5 Å². The van der Waals surface area contributed by atoms with E-state index in [4.69, 9.17) is 4.74 Å². The van der Waals surface area contributed by atoms with Gasteiger partial charge in [0.15, 0.2) is 0 Å². The number of carbonyl (C=O) groups excluding carboxylic acids is 2. The van der Waals surface area contributed by atoms with Crippen LogP contribution in [0.25, 0.3) is 0 Å². The molecular weight excluding hydrogens is 408 g/mol. The van der Waals surface area contributed by atoms with Gasteiger partial charge < -0.3 is 4.74 Å². The van der Waals surface area contributed by atoms with Crippen LogP contribution in [0.5, 0.6) is 0 Å². The summed E-state index contributed by atoms with van der Waals surface area (Å²) in [5, 5.41) is 0. The summed E-state index contributed by atoms with van der Waals surface area (Å²) in [6.45, 7) is 16.2. The molecule has 0 amide bonds. The fourth-order valence-electron chi connectivity index (χ4n) is 9.32. The standard InChI is InChI=1S/C30H42O3/c1-18(16-20-17-19(2)26(32)33-20)21-10-14-30(7)23-8-9-24-27(3,4)25(31)12-13-28(24,5)22(23)11-15-29(21,30)6/h16-18,21,24H,8-15H2,1-7H3/b20-16+. The third-order valence-electron chi connectivity index (χ3n) is 11.5. The quantitative estimate of drug-likeness (QED) is 0.327. The number of hydrogen-bond acceptors (Lipinski definition) is 3. The summed E-state index contributed by atoms with van der Waals surface area (Å²) in [6, 6.07) is 0. The average molecular weight is 451 g/mol. The predicted molar refractivity (Wildman–Crippen MR) is 131 cm³/mol. The number of Topliss-reactive ketones (excluding diaryl/α,β-unsaturated/α-hetero) is 1. The van der Waals surface area contributed by atoms with Crippen molar-refractivity contribution in [1.82, 2.24) is 0 Å². The lowest BCUT2D eigenvalue weighted by Gasteiger charge is -2.60. The fraction of sp³-hybridized carbons (Fsp3) is 0.733. The molecule has 0 radical (unpaired) electrons. The highest BCUT2D eigenvalue weighted by Gasteiger charge is 2.63. The van der Waals surface area contributed by atoms with Gasteiger partial charge in [-0.25, -0.2) is 4.79 Å². The van der Waals surface area contributed by atoms with Crippen molar-refractivity contribution in [2.45, 2.75) is 99.8 Å². The zero-order chi connectivity index (χ0) is 24.0. The van der Waals surface area contributed by atoms with E-state index in [-0.39, 0.29) is 27.6 Å². The Morgan fingerprint density at radius 3 is 2.36 bits per heavy atom. The molecule has 2 fully saturated rings. The first kappa shape index (κ1) is 23.1. The minimum atomic E-state index is -0.206. The molecule has 0 N–H and O–H groups in total. The number of allylic oxidation sites excluding steroid dienone is 4. The molecule has 0 spiro atoms. The van der Waals surface area contributed by atoms with Gasteiger partial charge in [0, 0.05) is 17.4 Å². The van der Waals surface area contributed by atoms with E-state index in [2.05, 4.69) is 47.6 Å². The van der Waals surface area contributed by atoms with Gasteiger partial charge in [0.05, 0.1) is 0 Å². The first-order valence-electron chi connectivity index (χ1n) is 13.2. The summed E-state index contributed by atoms with van der Waals surface area (Å²) in [6.07, 6.45) is 13.1. The van der Waals surface area contributed by atoms with Crippen molar-refractivity contribution in [3.63, 3.8) is 0 Å². The monoisotopic (exact) mass is 450 g/mol. The molecule has 0 saturated heterocycles. The van der Waals surface area contributed by atoms with Crippen LogP contribution < -0.4 is 0 Å². The first-order chi connectivity index (χ1) is 15.3. The van der Waals surface area contributed by atoms with Crippen LogP contribution in [0.1, 0.15) is 99.8 Å². The Bertz CT molecular complexity index is 1010. The molecule has 1 aliphatic heterocycles. The lowest BCUT2D eigenvalue weighted by Crippen LogP contribution is -2.53. The second-order valence-corrected chi connectivity index (χ2v) is 13.2. The fourth-order valence-corrected chi connectivity index (χ4v) is 9.32. The smallest absolute Gasteiger partial charge is 0.339 e. The maximum Gasteiger partial charge on any atom is 0.339 e. The first-order valence-corrected chi connectivity index (χ1v) is 13.2. The van der Waals surface area contributed by atoms with E-state index < -0.39 is 0 Å². The van der Waals surface area contributed by atoms with Gasteiger partial charge in [-0.1, -0.05) is 52.7 Å². The Balaban J connectivity index is 1.49. The summed E-state index contributed by atoms with van der Waals surface area (Å²) < 4.78 is 5.48. The van der Waals surface area contributed by atoms with Gasteiger partial charge in [0.2, 0.25) is 0 Å². The van der Waals surface area contributed by atoms with Crippen LogP contribution in [-0.2, 0) is 14.3 Å². The van der Waals surface area contributed by atoms with Crippen molar-refractivity contribution >= 4 is 11.8 Å². The van der Waals surface area contributed by atoms with Gasteiger partial charge in [-0.2, -0.15) is 0 Å². The number of ketones is 1. The van der Waals surface area contributed by atoms with E-state index in [0.717, 1.165) is 25.0 Å². The molecule has 180 valence electrons. The third-order valence-corrected chi connectivity index (χ3v) is 11.5. The minimum Gasteiger partial charge on any atom is -0.423 e. The largest absolute Gasteiger partial charge is 0.423 e. The van der Waals surface area contributed by atoms with Crippen molar-refractivity contribution in [3.8, 4) is 0 Å². The Morgan fingerprint density at radius 2 is 1.70 bits per heavy atom. The van der Waals surface area contributed by atoms with E-state index >= 15 is 0 Å². The topological polar surface area (TPSA) is 43.4 Å². The maximum absolute atomic E-state index is 12.8. The highest BCUT2D eigenvalue weighted by Crippen LogP contribution is 2.72. The van der Waals surface area contributed by atoms with Crippen molar-refractivity contribution in [3.05, 3.63) is 34.6 Å². The van der Waals surface area contributed by atoms with E-state index in [1.54, 1.807) is 11.1 Å². The van der Waals surface area contributed by atoms with Crippen LogP contribution in [0.3, 0.4) is 0 Å². The van der Waals surface area contributed by atoms with Crippen LogP contribution in [0, 0.1) is 39.4 Å². The molecule has 3 nitrogen and oxygen atoms in total. The molecule has 5 rings (SSSR count). The molecule has 4 aliphatic carbocycles. The van der Waals surface area contributed by atoms with E-state index in [1.807, 2.05) is 13.0 Å². The number of rotatable bonds is 2. The summed E-state index contributed by atoms with van der Waals surface area (Å²) in [5.41, 5.74) is 4.66. The van der Waals surface area contributed by atoms with Crippen molar-refractivity contribution in [1.29, 1.82) is 0 Å². The molecule has 5 aliphatic rings. The zero-order valence-electron chi connectivity index (χ0n) is 21.8. The SMILES string of the molecule is CC1=C/C(=C\C(C)C2CCC3(C)C4=C(CCC23C)C2(C)CCC(=O)C(C)(C)C2CC4)OC1=O. The Kier molecular flexibility index (Phi) is 5.03. The second-order valence-electron chi connectivity index (χ2n) is 13.2. The van der Waals surface area contributed by atoms with Gasteiger partial charge in [-0.3, -0.25) is 4.79 Å². The lowest BCUT2D eigenvalue weighted by molar-refractivity contribution is -0.139.